The minimum atomic E-state index is -1.61. The minimum absolute atomic E-state index is 0.00175. The molecule has 0 radical (unpaired) electrons. The number of methoxy groups -OCH3 is 1. The number of aliphatic hydroxyl groups excluding tert-OH is 1. The summed E-state index contributed by atoms with van der Waals surface area (Å²) in [5.74, 6) is -2.74. The number of hydrogen-bond donors (Lipinski definition) is 3. The minimum Gasteiger partial charge on any atom is -0.507 e. The Morgan fingerprint density at radius 2 is 1.87 bits per heavy atom. The molecule has 0 aromatic heterocycles. The summed E-state index contributed by atoms with van der Waals surface area (Å²) in [6.45, 7) is 4.99. The zero-order valence-corrected chi connectivity index (χ0v) is 22.2. The molecule has 39 heavy (non-hydrogen) atoms. The van der Waals surface area contributed by atoms with Crippen LogP contribution in [0.25, 0.3) is 10.8 Å². The van der Waals surface area contributed by atoms with Crippen LogP contribution in [0.4, 0.5) is 0 Å². The van der Waals surface area contributed by atoms with Crippen LogP contribution in [0.1, 0.15) is 54.2 Å². The number of aliphatic hydroxyl groups is 1. The van der Waals surface area contributed by atoms with Gasteiger partial charge in [-0.25, -0.2) is 0 Å². The lowest BCUT2D eigenvalue weighted by molar-refractivity contribution is -0.123. The molecule has 2 aliphatic rings. The fourth-order valence-electron chi connectivity index (χ4n) is 5.57. The van der Waals surface area contributed by atoms with Crippen LogP contribution in [0, 0.1) is 0 Å². The number of amides is 1. The molecule has 3 aromatic rings. The molecule has 5 rings (SSSR count). The fourth-order valence-corrected chi connectivity index (χ4v) is 5.57. The second kappa shape index (κ2) is 9.62. The SMILES string of the molecule is CCCc1ccc2ccccc2c1CNC(=O)c1c(OC)cc(O)c2c1OC1=CC(O)=C(C(C)=O)C(=O)[C@]12C. The first kappa shape index (κ1) is 26.0. The van der Waals surface area contributed by atoms with Gasteiger partial charge < -0.3 is 25.0 Å². The van der Waals surface area contributed by atoms with E-state index in [0.717, 1.165) is 34.7 Å². The van der Waals surface area contributed by atoms with E-state index in [0.29, 0.717) is 0 Å². The fraction of sp³-hybridized carbons (Fsp3) is 0.258. The maximum Gasteiger partial charge on any atom is 0.259 e. The maximum absolute atomic E-state index is 13.7. The third-order valence-electron chi connectivity index (χ3n) is 7.52. The Hall–Kier alpha value is -4.59. The Bertz CT molecular complexity index is 1630. The summed E-state index contributed by atoms with van der Waals surface area (Å²) >= 11 is 0. The Balaban J connectivity index is 1.58. The molecule has 1 amide bonds. The standard InChI is InChI=1S/C31H29NO7/c1-5-8-17-11-12-18-9-6-7-10-19(18)20(17)15-32-30(37)26-23(38-4)13-22(35)27-28(26)39-24-14-21(34)25(16(2)33)29(36)31(24,27)3/h6-7,9-14,34-35H,5,8,15H2,1-4H3,(H,32,37)/t31-/m1/s1. The van der Waals surface area contributed by atoms with Crippen LogP contribution in [-0.4, -0.2) is 34.8 Å². The Morgan fingerprint density at radius 3 is 2.56 bits per heavy atom. The van der Waals surface area contributed by atoms with Crippen molar-refractivity contribution in [3.8, 4) is 17.2 Å². The van der Waals surface area contributed by atoms with Crippen molar-refractivity contribution in [1.29, 1.82) is 0 Å². The molecule has 1 atom stereocenters. The highest BCUT2D eigenvalue weighted by atomic mass is 16.5. The molecular weight excluding hydrogens is 498 g/mol. The quantitative estimate of drug-likeness (QED) is 0.372. The van der Waals surface area contributed by atoms with Gasteiger partial charge in [0.15, 0.2) is 17.3 Å². The number of Topliss-reactive ketones (excluding diaryl/α,β-unsaturated/α-hetero) is 2. The van der Waals surface area contributed by atoms with Gasteiger partial charge in [-0.3, -0.25) is 14.4 Å². The summed E-state index contributed by atoms with van der Waals surface area (Å²) in [7, 11) is 1.36. The molecular formula is C31H29NO7. The second-order valence-corrected chi connectivity index (χ2v) is 9.92. The molecule has 8 nitrogen and oxygen atoms in total. The van der Waals surface area contributed by atoms with Crippen LogP contribution in [-0.2, 0) is 28.0 Å². The number of phenols is 1. The first-order valence-corrected chi connectivity index (χ1v) is 12.7. The van der Waals surface area contributed by atoms with Crippen LogP contribution in [0.5, 0.6) is 17.2 Å². The third-order valence-corrected chi connectivity index (χ3v) is 7.52. The highest BCUT2D eigenvalue weighted by molar-refractivity contribution is 6.25. The largest absolute Gasteiger partial charge is 0.507 e. The van der Waals surface area contributed by atoms with Gasteiger partial charge in [0.25, 0.3) is 5.91 Å². The predicted molar refractivity (Wildman–Crippen MR) is 145 cm³/mol. The number of aromatic hydroxyl groups is 1. The van der Waals surface area contributed by atoms with Gasteiger partial charge in [-0.2, -0.15) is 0 Å². The Labute approximate surface area is 225 Å². The molecule has 0 spiro atoms. The average molecular weight is 528 g/mol. The molecule has 0 saturated carbocycles. The lowest BCUT2D eigenvalue weighted by Crippen LogP contribution is -2.38. The van der Waals surface area contributed by atoms with Crippen molar-refractivity contribution in [2.45, 2.75) is 45.6 Å². The van der Waals surface area contributed by atoms with E-state index >= 15 is 0 Å². The lowest BCUT2D eigenvalue weighted by atomic mass is 9.71. The number of hydrogen-bond acceptors (Lipinski definition) is 7. The van der Waals surface area contributed by atoms with Gasteiger partial charge in [0, 0.05) is 18.7 Å². The number of phenolic OH excluding ortho intramolecular Hbond substituents is 1. The van der Waals surface area contributed by atoms with E-state index in [1.165, 1.54) is 33.1 Å². The summed E-state index contributed by atoms with van der Waals surface area (Å²) in [4.78, 5) is 39.3. The summed E-state index contributed by atoms with van der Waals surface area (Å²) in [6.07, 6.45) is 2.97. The molecule has 0 saturated heterocycles. The molecule has 1 aliphatic heterocycles. The van der Waals surface area contributed by atoms with Gasteiger partial charge in [-0.05, 0) is 42.2 Å². The van der Waals surface area contributed by atoms with E-state index in [1.807, 2.05) is 24.3 Å². The smallest absolute Gasteiger partial charge is 0.259 e. The zero-order chi connectivity index (χ0) is 28.1. The first-order chi connectivity index (χ1) is 18.6. The highest BCUT2D eigenvalue weighted by Crippen LogP contribution is 2.56. The summed E-state index contributed by atoms with van der Waals surface area (Å²) in [6, 6.07) is 13.4. The lowest BCUT2D eigenvalue weighted by Gasteiger charge is -2.27. The second-order valence-electron chi connectivity index (χ2n) is 9.92. The Kier molecular flexibility index (Phi) is 6.42. The van der Waals surface area contributed by atoms with E-state index in [2.05, 4.69) is 24.4 Å². The number of ketones is 2. The van der Waals surface area contributed by atoms with Crippen molar-refractivity contribution in [2.24, 2.45) is 0 Å². The molecule has 0 unspecified atom stereocenters. The first-order valence-electron chi connectivity index (χ1n) is 12.7. The number of rotatable bonds is 7. The molecule has 200 valence electrons. The summed E-state index contributed by atoms with van der Waals surface area (Å²) < 4.78 is 11.4. The van der Waals surface area contributed by atoms with E-state index in [4.69, 9.17) is 9.47 Å². The Morgan fingerprint density at radius 1 is 1.13 bits per heavy atom. The number of nitrogens with one attached hydrogen (secondary N) is 1. The number of aryl methyl sites for hydroxylation is 1. The highest BCUT2D eigenvalue weighted by Gasteiger charge is 2.55. The van der Waals surface area contributed by atoms with Gasteiger partial charge in [0.1, 0.15) is 39.6 Å². The number of carbonyl (C=O) groups is 3. The van der Waals surface area contributed by atoms with Crippen LogP contribution in [0.2, 0.25) is 0 Å². The summed E-state index contributed by atoms with van der Waals surface area (Å²) in [5.41, 5.74) is 0.153. The monoisotopic (exact) mass is 527 g/mol. The number of benzene rings is 3. The normalized spacial score (nSPS) is 17.8. The average Bonchev–Trinajstić information content (AvgIpc) is 3.21. The van der Waals surface area contributed by atoms with Gasteiger partial charge in [0.05, 0.1) is 12.7 Å². The van der Waals surface area contributed by atoms with Gasteiger partial charge in [-0.1, -0.05) is 49.7 Å². The number of allylic oxidation sites excluding steroid dienone is 3. The van der Waals surface area contributed by atoms with Crippen LogP contribution in [0.3, 0.4) is 0 Å². The van der Waals surface area contributed by atoms with Crippen molar-refractivity contribution >= 4 is 28.2 Å². The van der Waals surface area contributed by atoms with Crippen molar-refractivity contribution < 1.29 is 34.1 Å². The van der Waals surface area contributed by atoms with E-state index in [9.17, 15) is 24.6 Å². The van der Waals surface area contributed by atoms with Crippen molar-refractivity contribution in [3.63, 3.8) is 0 Å². The van der Waals surface area contributed by atoms with Crippen LogP contribution >= 0.6 is 0 Å². The molecule has 3 N–H and O–H groups in total. The van der Waals surface area contributed by atoms with E-state index in [1.54, 1.807) is 0 Å². The van der Waals surface area contributed by atoms with E-state index in [-0.39, 0.29) is 40.7 Å². The molecule has 0 bridgehead atoms. The van der Waals surface area contributed by atoms with Crippen LogP contribution < -0.4 is 14.8 Å². The zero-order valence-electron chi connectivity index (χ0n) is 22.2. The van der Waals surface area contributed by atoms with Crippen molar-refractivity contribution in [2.75, 3.05) is 7.11 Å². The van der Waals surface area contributed by atoms with Crippen LogP contribution in [0.15, 0.2) is 65.6 Å². The van der Waals surface area contributed by atoms with Crippen molar-refractivity contribution in [1.82, 2.24) is 5.32 Å². The van der Waals surface area contributed by atoms with Crippen molar-refractivity contribution in [3.05, 3.63) is 87.9 Å². The molecule has 1 heterocycles. The molecule has 0 fully saturated rings. The predicted octanol–water partition coefficient (Wildman–Crippen LogP) is 4.95. The number of carbonyl (C=O) groups excluding carboxylic acids is 3. The van der Waals surface area contributed by atoms with E-state index < -0.39 is 34.2 Å². The van der Waals surface area contributed by atoms with Gasteiger partial charge >= 0.3 is 0 Å². The number of fused-ring (bicyclic) bond motifs is 4. The summed E-state index contributed by atoms with van der Waals surface area (Å²) in [5, 5.41) is 26.4. The molecule has 1 aliphatic carbocycles. The third kappa shape index (κ3) is 3.94. The number of ether oxygens (including phenoxy) is 2. The maximum atomic E-state index is 13.7. The topological polar surface area (TPSA) is 122 Å². The molecule has 3 aromatic carbocycles. The molecule has 8 heteroatoms. The van der Waals surface area contributed by atoms with Gasteiger partial charge in [-0.15, -0.1) is 0 Å². The van der Waals surface area contributed by atoms with Gasteiger partial charge in [0.2, 0.25) is 0 Å².